The number of halogens is 1. The number of amides is 1. The number of nitrogens with zero attached hydrogens (tertiary/aromatic N) is 1. The molecule has 0 unspecified atom stereocenters. The minimum absolute atomic E-state index is 0.0134. The topological polar surface area (TPSA) is 86.0 Å². The molecule has 1 aliphatic heterocycles. The molecule has 0 radical (unpaired) electrons. The first-order valence-corrected chi connectivity index (χ1v) is 8.57. The van der Waals surface area contributed by atoms with Gasteiger partial charge in [0, 0.05) is 23.5 Å². The third kappa shape index (κ3) is 3.99. The van der Waals surface area contributed by atoms with Crippen molar-refractivity contribution in [2.24, 2.45) is 5.92 Å². The van der Waals surface area contributed by atoms with Crippen molar-refractivity contribution in [2.75, 3.05) is 26.8 Å². The van der Waals surface area contributed by atoms with Crippen LogP contribution in [0.3, 0.4) is 0 Å². The fraction of sp³-hybridized carbons (Fsp3) is 0.389. The smallest absolute Gasteiger partial charge is 0.374 e. The van der Waals surface area contributed by atoms with E-state index in [1.165, 1.54) is 13.2 Å². The molecule has 1 aliphatic rings. The molecule has 138 valence electrons. The molecule has 3 rings (SSSR count). The first-order valence-electron chi connectivity index (χ1n) is 8.19. The largest absolute Gasteiger partial charge is 0.469 e. The third-order valence-electron chi connectivity index (χ3n) is 4.39. The molecule has 8 heteroatoms. The Morgan fingerprint density at radius 2 is 1.96 bits per heavy atom. The number of fused-ring (bicyclic) bond motifs is 1. The van der Waals surface area contributed by atoms with Gasteiger partial charge in [-0.3, -0.25) is 9.59 Å². The van der Waals surface area contributed by atoms with Crippen molar-refractivity contribution >= 4 is 40.4 Å². The van der Waals surface area contributed by atoms with Crippen LogP contribution in [0.25, 0.3) is 11.0 Å². The molecule has 0 spiro atoms. The second kappa shape index (κ2) is 7.78. The molecule has 7 nitrogen and oxygen atoms in total. The molecule has 1 fully saturated rings. The zero-order chi connectivity index (χ0) is 18.7. The summed E-state index contributed by atoms with van der Waals surface area (Å²) >= 11 is 5.90. The van der Waals surface area contributed by atoms with Crippen molar-refractivity contribution in [3.05, 3.63) is 35.0 Å². The first-order chi connectivity index (χ1) is 12.5. The highest BCUT2D eigenvalue weighted by atomic mass is 35.5. The van der Waals surface area contributed by atoms with Gasteiger partial charge in [-0.05, 0) is 37.1 Å². The SMILES string of the molecule is COC(=O)C1CCN(C(=O)COC(=O)c2cc3cc(Cl)ccc3o2)CC1. The fourth-order valence-corrected chi connectivity index (χ4v) is 3.12. The van der Waals surface area contributed by atoms with Crippen molar-refractivity contribution in [3.8, 4) is 0 Å². The highest BCUT2D eigenvalue weighted by Crippen LogP contribution is 2.23. The predicted molar refractivity (Wildman–Crippen MR) is 92.8 cm³/mol. The zero-order valence-electron chi connectivity index (χ0n) is 14.2. The Balaban J connectivity index is 1.52. The van der Waals surface area contributed by atoms with Gasteiger partial charge in [0.25, 0.3) is 5.91 Å². The number of carbonyl (C=O) groups excluding carboxylic acids is 3. The van der Waals surface area contributed by atoms with Crippen LogP contribution in [0.5, 0.6) is 0 Å². The van der Waals surface area contributed by atoms with Gasteiger partial charge in [0.15, 0.2) is 6.61 Å². The molecule has 0 bridgehead atoms. The minimum Gasteiger partial charge on any atom is -0.469 e. The zero-order valence-corrected chi connectivity index (χ0v) is 15.0. The molecule has 1 amide bonds. The number of ether oxygens (including phenoxy) is 2. The van der Waals surface area contributed by atoms with E-state index in [-0.39, 0.29) is 30.2 Å². The maximum absolute atomic E-state index is 12.2. The van der Waals surface area contributed by atoms with Gasteiger partial charge in [-0.2, -0.15) is 0 Å². The Morgan fingerprint density at radius 1 is 1.23 bits per heavy atom. The van der Waals surface area contributed by atoms with Crippen molar-refractivity contribution in [2.45, 2.75) is 12.8 Å². The standard InChI is InChI=1S/C18H18ClNO6/c1-24-17(22)11-4-6-20(7-5-11)16(21)10-25-18(23)15-9-12-8-13(19)2-3-14(12)26-15/h2-3,8-9,11H,4-7,10H2,1H3. The molecule has 1 aromatic carbocycles. The number of hydrogen-bond donors (Lipinski definition) is 0. The molecule has 0 atom stereocenters. The van der Waals surface area contributed by atoms with Crippen LogP contribution in [0.4, 0.5) is 0 Å². The van der Waals surface area contributed by atoms with E-state index in [0.717, 1.165) is 0 Å². The van der Waals surface area contributed by atoms with Crippen molar-refractivity contribution in [3.63, 3.8) is 0 Å². The Labute approximate surface area is 154 Å². The van der Waals surface area contributed by atoms with Crippen LogP contribution in [0.15, 0.2) is 28.7 Å². The average Bonchev–Trinajstić information content (AvgIpc) is 3.08. The summed E-state index contributed by atoms with van der Waals surface area (Å²) in [6.07, 6.45) is 1.08. The average molecular weight is 380 g/mol. The summed E-state index contributed by atoms with van der Waals surface area (Å²) in [6.45, 7) is 0.484. The van der Waals surface area contributed by atoms with E-state index in [1.54, 1.807) is 23.1 Å². The van der Waals surface area contributed by atoms with Crippen molar-refractivity contribution < 1.29 is 28.3 Å². The van der Waals surface area contributed by atoms with Gasteiger partial charge >= 0.3 is 11.9 Å². The molecule has 1 saturated heterocycles. The summed E-state index contributed by atoms with van der Waals surface area (Å²) in [5, 5.41) is 1.21. The predicted octanol–water partition coefficient (Wildman–Crippen LogP) is 2.65. The maximum Gasteiger partial charge on any atom is 0.374 e. The second-order valence-corrected chi connectivity index (χ2v) is 6.48. The van der Waals surface area contributed by atoms with Crippen LogP contribution in [0.2, 0.25) is 5.02 Å². The lowest BCUT2D eigenvalue weighted by Crippen LogP contribution is -2.42. The van der Waals surface area contributed by atoms with E-state index in [9.17, 15) is 14.4 Å². The van der Waals surface area contributed by atoms with E-state index >= 15 is 0 Å². The summed E-state index contributed by atoms with van der Waals surface area (Å²) in [5.74, 6) is -1.45. The summed E-state index contributed by atoms with van der Waals surface area (Å²) in [6, 6.07) is 6.51. The minimum atomic E-state index is -0.713. The number of methoxy groups -OCH3 is 1. The number of piperidine rings is 1. The lowest BCUT2D eigenvalue weighted by atomic mass is 9.97. The Hall–Kier alpha value is -2.54. The van der Waals surface area contributed by atoms with Crippen molar-refractivity contribution in [1.82, 2.24) is 4.90 Å². The number of benzene rings is 1. The van der Waals surface area contributed by atoms with Crippen LogP contribution in [0.1, 0.15) is 23.4 Å². The van der Waals surface area contributed by atoms with E-state index < -0.39 is 5.97 Å². The molecule has 2 heterocycles. The lowest BCUT2D eigenvalue weighted by molar-refractivity contribution is -0.149. The molecule has 2 aromatic rings. The third-order valence-corrected chi connectivity index (χ3v) is 4.62. The van der Waals surface area contributed by atoms with Crippen LogP contribution in [-0.2, 0) is 19.1 Å². The van der Waals surface area contributed by atoms with E-state index in [1.807, 2.05) is 0 Å². The number of rotatable bonds is 4. The van der Waals surface area contributed by atoms with Crippen LogP contribution >= 0.6 is 11.6 Å². The highest BCUT2D eigenvalue weighted by Gasteiger charge is 2.28. The summed E-state index contributed by atoms with van der Waals surface area (Å²) in [5.41, 5.74) is 0.512. The van der Waals surface area contributed by atoms with Gasteiger partial charge in [0.2, 0.25) is 5.76 Å². The first kappa shape index (κ1) is 18.3. The second-order valence-electron chi connectivity index (χ2n) is 6.05. The van der Waals surface area contributed by atoms with E-state index in [2.05, 4.69) is 0 Å². The number of hydrogen-bond acceptors (Lipinski definition) is 6. The summed E-state index contributed by atoms with van der Waals surface area (Å²) < 4.78 is 15.2. The number of esters is 2. The monoisotopic (exact) mass is 379 g/mol. The summed E-state index contributed by atoms with van der Waals surface area (Å²) in [4.78, 5) is 37.3. The molecular formula is C18H18ClNO6. The van der Waals surface area contributed by atoms with Gasteiger partial charge in [-0.1, -0.05) is 11.6 Å². The highest BCUT2D eigenvalue weighted by molar-refractivity contribution is 6.31. The Kier molecular flexibility index (Phi) is 5.46. The van der Waals surface area contributed by atoms with Crippen LogP contribution in [0, 0.1) is 5.92 Å². The molecular weight excluding hydrogens is 362 g/mol. The molecule has 0 aliphatic carbocycles. The number of carbonyl (C=O) groups is 3. The fourth-order valence-electron chi connectivity index (χ4n) is 2.94. The van der Waals surface area contributed by atoms with Crippen LogP contribution < -0.4 is 0 Å². The van der Waals surface area contributed by atoms with Gasteiger partial charge in [-0.25, -0.2) is 4.79 Å². The number of furan rings is 1. The number of likely N-dealkylation sites (tertiary alicyclic amines) is 1. The van der Waals surface area contributed by atoms with Crippen LogP contribution in [-0.4, -0.2) is 49.6 Å². The normalized spacial score (nSPS) is 15.1. The Bertz CT molecular complexity index is 837. The van der Waals surface area contributed by atoms with E-state index in [4.69, 9.17) is 25.5 Å². The maximum atomic E-state index is 12.2. The molecule has 1 aromatic heterocycles. The van der Waals surface area contributed by atoms with Crippen molar-refractivity contribution in [1.29, 1.82) is 0 Å². The Morgan fingerprint density at radius 3 is 2.65 bits per heavy atom. The molecule has 26 heavy (non-hydrogen) atoms. The molecule has 0 N–H and O–H groups in total. The van der Waals surface area contributed by atoms with Gasteiger partial charge < -0.3 is 18.8 Å². The lowest BCUT2D eigenvalue weighted by Gasteiger charge is -2.30. The quantitative estimate of drug-likeness (QED) is 0.759. The van der Waals surface area contributed by atoms with Gasteiger partial charge in [-0.15, -0.1) is 0 Å². The van der Waals surface area contributed by atoms with E-state index in [0.29, 0.717) is 41.9 Å². The molecule has 0 saturated carbocycles. The van der Waals surface area contributed by atoms with Gasteiger partial charge in [0.1, 0.15) is 5.58 Å². The van der Waals surface area contributed by atoms with Gasteiger partial charge in [0.05, 0.1) is 13.0 Å². The summed E-state index contributed by atoms with van der Waals surface area (Å²) in [7, 11) is 1.35.